The van der Waals surface area contributed by atoms with Crippen LogP contribution in [0.4, 0.5) is 17.1 Å². The minimum Gasteiger partial charge on any atom is -0.479 e. The van der Waals surface area contributed by atoms with Gasteiger partial charge in [0, 0.05) is 0 Å². The lowest BCUT2D eigenvalue weighted by Crippen LogP contribution is -2.22. The second-order valence-corrected chi connectivity index (χ2v) is 3.73. The number of aliphatic hydroxyl groups excluding tert-OH is 2. The summed E-state index contributed by atoms with van der Waals surface area (Å²) in [5.41, 5.74) is -2.81. The van der Waals surface area contributed by atoms with E-state index in [0.717, 1.165) is 0 Å². The van der Waals surface area contributed by atoms with E-state index in [2.05, 4.69) is 0 Å². The molecule has 12 heteroatoms. The van der Waals surface area contributed by atoms with Crippen LogP contribution in [0.25, 0.3) is 0 Å². The van der Waals surface area contributed by atoms with Crippen molar-refractivity contribution in [3.63, 3.8) is 0 Å². The Labute approximate surface area is 115 Å². The largest absolute Gasteiger partial charge is 0.479 e. The lowest BCUT2D eigenvalue weighted by molar-refractivity contribution is -0.404. The fraction of sp³-hybridized carbons (Fsp3) is 0.333. The molecule has 12 nitrogen and oxygen atoms in total. The predicted molar refractivity (Wildman–Crippen MR) is 65.0 cm³/mol. The van der Waals surface area contributed by atoms with Crippen LogP contribution in [0.15, 0.2) is 12.1 Å². The Kier molecular flexibility index (Phi) is 5.04. The van der Waals surface area contributed by atoms with Crippen molar-refractivity contribution in [2.24, 2.45) is 0 Å². The summed E-state index contributed by atoms with van der Waals surface area (Å²) in [5, 5.41) is 50.0. The lowest BCUT2D eigenvalue weighted by atomic mass is 10.2. The van der Waals surface area contributed by atoms with Gasteiger partial charge in [-0.05, 0) is 0 Å². The maximum atomic E-state index is 10.9. The molecule has 2 N–H and O–H groups in total. The molecule has 0 aromatic heterocycles. The standard InChI is InChI=1S/C9H9N3O9/c13-3-6(14)4-21-9-7(11(17)18)1-5(10(15)16)2-8(9)12(19)20/h1-2,6,13-14H,3-4H2. The van der Waals surface area contributed by atoms with E-state index in [-0.39, 0.29) is 0 Å². The summed E-state index contributed by atoms with van der Waals surface area (Å²) in [6, 6.07) is 1.02. The maximum absolute atomic E-state index is 10.9. The van der Waals surface area contributed by atoms with Gasteiger partial charge in [-0.1, -0.05) is 0 Å². The molecule has 0 fully saturated rings. The molecule has 1 aromatic rings. The van der Waals surface area contributed by atoms with Gasteiger partial charge in [0.25, 0.3) is 11.4 Å². The van der Waals surface area contributed by atoms with E-state index in [9.17, 15) is 30.3 Å². The number of hydrogen-bond acceptors (Lipinski definition) is 9. The van der Waals surface area contributed by atoms with Crippen molar-refractivity contribution in [1.82, 2.24) is 0 Å². The second kappa shape index (κ2) is 6.53. The SMILES string of the molecule is O=[N+]([O-])c1cc([N+](=O)[O-])c(OCC(O)CO)c([N+](=O)[O-])c1. The van der Waals surface area contributed by atoms with Crippen LogP contribution in [0, 0.1) is 30.3 Å². The lowest BCUT2D eigenvalue weighted by Gasteiger charge is -2.10. The van der Waals surface area contributed by atoms with Gasteiger partial charge in [-0.25, -0.2) is 0 Å². The summed E-state index contributed by atoms with van der Waals surface area (Å²) in [6.45, 7) is -1.38. The summed E-state index contributed by atoms with van der Waals surface area (Å²) < 4.78 is 4.76. The Hall–Kier alpha value is -2.86. The highest BCUT2D eigenvalue weighted by atomic mass is 16.6. The van der Waals surface area contributed by atoms with Gasteiger partial charge in [-0.15, -0.1) is 0 Å². The second-order valence-electron chi connectivity index (χ2n) is 3.73. The van der Waals surface area contributed by atoms with Gasteiger partial charge in [0.1, 0.15) is 12.7 Å². The van der Waals surface area contributed by atoms with E-state index >= 15 is 0 Å². The number of hydrogen-bond donors (Lipinski definition) is 2. The highest BCUT2D eigenvalue weighted by molar-refractivity contribution is 5.65. The van der Waals surface area contributed by atoms with Gasteiger partial charge in [-0.3, -0.25) is 30.3 Å². The number of aliphatic hydroxyl groups is 2. The summed E-state index contributed by atoms with van der Waals surface area (Å²) in [5.74, 6) is -0.830. The Morgan fingerprint density at radius 3 is 1.86 bits per heavy atom. The van der Waals surface area contributed by atoms with Crippen molar-refractivity contribution in [2.75, 3.05) is 13.2 Å². The molecule has 1 unspecified atom stereocenters. The molecule has 1 aromatic carbocycles. The van der Waals surface area contributed by atoms with Crippen LogP contribution in [-0.2, 0) is 0 Å². The molecule has 1 atom stereocenters. The molecule has 114 valence electrons. The van der Waals surface area contributed by atoms with Gasteiger partial charge in [0.15, 0.2) is 0 Å². The molecule has 0 spiro atoms. The van der Waals surface area contributed by atoms with E-state index in [4.69, 9.17) is 14.9 Å². The topological polar surface area (TPSA) is 179 Å². The van der Waals surface area contributed by atoms with Gasteiger partial charge < -0.3 is 14.9 Å². The third kappa shape index (κ3) is 3.80. The minimum atomic E-state index is -1.42. The fourth-order valence-corrected chi connectivity index (χ4v) is 1.34. The summed E-state index contributed by atoms with van der Waals surface area (Å²) in [7, 11) is 0. The van der Waals surface area contributed by atoms with E-state index in [1.807, 2.05) is 0 Å². The van der Waals surface area contributed by atoms with Crippen molar-refractivity contribution in [3.8, 4) is 5.75 Å². The first-order chi connectivity index (χ1) is 9.77. The van der Waals surface area contributed by atoms with Gasteiger partial charge in [-0.2, -0.15) is 0 Å². The van der Waals surface area contributed by atoms with Crippen molar-refractivity contribution in [3.05, 3.63) is 42.5 Å². The number of rotatable bonds is 7. The molecular weight excluding hydrogens is 294 g/mol. The molecule has 0 saturated carbocycles. The number of nitrogens with zero attached hydrogens (tertiary/aromatic N) is 3. The fourth-order valence-electron chi connectivity index (χ4n) is 1.34. The third-order valence-corrected chi connectivity index (χ3v) is 2.27. The van der Waals surface area contributed by atoms with Crippen LogP contribution in [0.3, 0.4) is 0 Å². The van der Waals surface area contributed by atoms with Crippen LogP contribution in [-0.4, -0.2) is 44.3 Å². The van der Waals surface area contributed by atoms with Gasteiger partial charge in [0.05, 0.1) is 33.5 Å². The Morgan fingerprint density at radius 2 is 1.52 bits per heavy atom. The Morgan fingerprint density at radius 1 is 1.05 bits per heavy atom. The third-order valence-electron chi connectivity index (χ3n) is 2.27. The highest BCUT2D eigenvalue weighted by Crippen LogP contribution is 2.40. The maximum Gasteiger partial charge on any atom is 0.325 e. The van der Waals surface area contributed by atoms with E-state index in [1.54, 1.807) is 0 Å². The van der Waals surface area contributed by atoms with Crippen LogP contribution >= 0.6 is 0 Å². The van der Waals surface area contributed by atoms with Crippen molar-refractivity contribution in [2.45, 2.75) is 6.10 Å². The average molecular weight is 303 g/mol. The van der Waals surface area contributed by atoms with Gasteiger partial charge >= 0.3 is 11.4 Å². The number of nitro benzene ring substituents is 3. The normalized spacial score (nSPS) is 11.7. The summed E-state index contributed by atoms with van der Waals surface area (Å²) in [4.78, 5) is 29.1. The molecule has 0 saturated heterocycles. The van der Waals surface area contributed by atoms with Crippen molar-refractivity contribution < 1.29 is 29.7 Å². The van der Waals surface area contributed by atoms with E-state index < -0.39 is 56.9 Å². The minimum absolute atomic E-state index is 0.508. The zero-order chi connectivity index (χ0) is 16.2. The summed E-state index contributed by atoms with van der Waals surface area (Å²) in [6.07, 6.45) is -1.42. The number of nitro groups is 3. The quantitative estimate of drug-likeness (QED) is 0.523. The van der Waals surface area contributed by atoms with E-state index in [0.29, 0.717) is 12.1 Å². The molecule has 0 heterocycles. The predicted octanol–water partition coefficient (Wildman–Crippen LogP) is 0.143. The zero-order valence-corrected chi connectivity index (χ0v) is 10.2. The van der Waals surface area contributed by atoms with Crippen LogP contribution < -0.4 is 4.74 Å². The number of benzene rings is 1. The molecular formula is C9H9N3O9. The first-order valence-corrected chi connectivity index (χ1v) is 5.30. The number of ether oxygens (including phenoxy) is 1. The van der Waals surface area contributed by atoms with Crippen molar-refractivity contribution in [1.29, 1.82) is 0 Å². The average Bonchev–Trinajstić information content (AvgIpc) is 2.43. The molecule has 0 bridgehead atoms. The van der Waals surface area contributed by atoms with Crippen LogP contribution in [0.5, 0.6) is 5.75 Å². The van der Waals surface area contributed by atoms with Gasteiger partial charge in [0.2, 0.25) is 0 Å². The first-order valence-electron chi connectivity index (χ1n) is 5.30. The molecule has 0 aliphatic rings. The molecule has 0 aliphatic carbocycles. The molecule has 0 radical (unpaired) electrons. The summed E-state index contributed by atoms with van der Waals surface area (Å²) >= 11 is 0. The Bertz CT molecular complexity index is 553. The zero-order valence-electron chi connectivity index (χ0n) is 10.2. The number of non-ortho nitro benzene ring substituents is 1. The Balaban J connectivity index is 3.39. The van der Waals surface area contributed by atoms with E-state index in [1.165, 1.54) is 0 Å². The molecule has 21 heavy (non-hydrogen) atoms. The first kappa shape index (κ1) is 16.2. The smallest absolute Gasteiger partial charge is 0.325 e. The molecule has 0 amide bonds. The monoisotopic (exact) mass is 303 g/mol. The highest BCUT2D eigenvalue weighted by Gasteiger charge is 2.32. The van der Waals surface area contributed by atoms with Crippen LogP contribution in [0.1, 0.15) is 0 Å². The van der Waals surface area contributed by atoms with Crippen molar-refractivity contribution >= 4 is 17.1 Å². The molecule has 0 aliphatic heterocycles. The molecule has 1 rings (SSSR count). The van der Waals surface area contributed by atoms with Crippen LogP contribution in [0.2, 0.25) is 0 Å².